The Bertz CT molecular complexity index is 1240. The van der Waals surface area contributed by atoms with Crippen LogP contribution < -0.4 is 15.4 Å². The molecule has 0 aromatic heterocycles. The molecular weight excluding hydrogens is 480 g/mol. The van der Waals surface area contributed by atoms with Gasteiger partial charge in [-0.15, -0.1) is 0 Å². The lowest BCUT2D eigenvalue weighted by Crippen LogP contribution is -2.49. The van der Waals surface area contributed by atoms with E-state index in [1.807, 2.05) is 61.5 Å². The molecule has 5 rings (SSSR count). The van der Waals surface area contributed by atoms with E-state index in [0.29, 0.717) is 48.2 Å². The van der Waals surface area contributed by atoms with E-state index >= 15 is 0 Å². The summed E-state index contributed by atoms with van der Waals surface area (Å²) < 4.78 is 6.02. The molecule has 3 aliphatic rings. The Morgan fingerprint density at radius 1 is 1.08 bits per heavy atom. The molecule has 200 valence electrons. The van der Waals surface area contributed by atoms with Crippen molar-refractivity contribution < 1.29 is 19.1 Å². The van der Waals surface area contributed by atoms with Crippen LogP contribution in [-0.4, -0.2) is 53.3 Å². The number of carbonyl (C=O) groups excluding carboxylic acids is 3. The third-order valence-electron chi connectivity index (χ3n) is 7.37. The number of likely N-dealkylation sites (N-methyl/N-ethyl adjacent to an activating group) is 1. The molecule has 1 fully saturated rings. The van der Waals surface area contributed by atoms with Crippen molar-refractivity contribution in [1.82, 2.24) is 20.4 Å². The molecule has 2 aromatic carbocycles. The molecule has 2 N–H and O–H groups in total. The van der Waals surface area contributed by atoms with Gasteiger partial charge in [-0.25, -0.2) is 4.79 Å². The van der Waals surface area contributed by atoms with Gasteiger partial charge in [0.2, 0.25) is 5.91 Å². The maximum Gasteiger partial charge on any atom is 0.322 e. The SMILES string of the molecule is CCN1C(=O)N[C@@H](c2cccc(Oc3ccccc3)c2)C2=C1CN([C@H](CC(C)C)C(=O)NCC1CC1)C2=O. The van der Waals surface area contributed by atoms with Crippen molar-refractivity contribution in [3.8, 4) is 11.5 Å². The monoisotopic (exact) mass is 516 g/mol. The molecule has 4 amide bonds. The van der Waals surface area contributed by atoms with Gasteiger partial charge in [0.15, 0.2) is 0 Å². The third-order valence-corrected chi connectivity index (χ3v) is 7.37. The van der Waals surface area contributed by atoms with Crippen LogP contribution in [-0.2, 0) is 9.59 Å². The van der Waals surface area contributed by atoms with Crippen LogP contribution in [0, 0.1) is 11.8 Å². The maximum absolute atomic E-state index is 14.0. The smallest absolute Gasteiger partial charge is 0.322 e. The maximum atomic E-state index is 14.0. The number of urea groups is 1. The number of carbonyl (C=O) groups is 3. The first kappa shape index (κ1) is 25.8. The second-order valence-electron chi connectivity index (χ2n) is 10.7. The summed E-state index contributed by atoms with van der Waals surface area (Å²) in [7, 11) is 0. The summed E-state index contributed by atoms with van der Waals surface area (Å²) in [5, 5.41) is 6.10. The van der Waals surface area contributed by atoms with Crippen molar-refractivity contribution in [3.05, 3.63) is 71.4 Å². The standard InChI is InChI=1S/C30H36N4O4/c1-4-33-25-18-34(24(15-19(2)3)28(35)31-17-20-13-14-20)29(36)26(25)27(32-30(33)37)21-9-8-12-23(16-21)38-22-10-6-5-7-11-22/h5-12,16,19-20,24,27H,4,13-15,17-18H2,1-3H3,(H,31,35)(H,32,37)/t24-,27+/m1/s1. The topological polar surface area (TPSA) is 91.0 Å². The summed E-state index contributed by atoms with van der Waals surface area (Å²) in [6, 6.07) is 15.4. The summed E-state index contributed by atoms with van der Waals surface area (Å²) in [6.45, 7) is 7.32. The van der Waals surface area contributed by atoms with E-state index in [-0.39, 0.29) is 30.3 Å². The summed E-state index contributed by atoms with van der Waals surface area (Å²) in [5.74, 6) is 1.77. The summed E-state index contributed by atoms with van der Waals surface area (Å²) >= 11 is 0. The Morgan fingerprint density at radius 3 is 2.50 bits per heavy atom. The van der Waals surface area contributed by atoms with Crippen molar-refractivity contribution in [2.45, 2.75) is 52.1 Å². The van der Waals surface area contributed by atoms with Crippen molar-refractivity contribution >= 4 is 17.8 Å². The predicted octanol–water partition coefficient (Wildman–Crippen LogP) is 4.60. The fourth-order valence-electron chi connectivity index (χ4n) is 5.24. The van der Waals surface area contributed by atoms with E-state index in [2.05, 4.69) is 24.5 Å². The van der Waals surface area contributed by atoms with Gasteiger partial charge in [0, 0.05) is 13.1 Å². The van der Waals surface area contributed by atoms with Gasteiger partial charge in [-0.05, 0) is 67.9 Å². The number of rotatable bonds is 10. The fourth-order valence-corrected chi connectivity index (χ4v) is 5.24. The van der Waals surface area contributed by atoms with Crippen molar-refractivity contribution in [2.24, 2.45) is 11.8 Å². The third kappa shape index (κ3) is 5.39. The van der Waals surface area contributed by atoms with Gasteiger partial charge in [-0.1, -0.05) is 44.2 Å². The van der Waals surface area contributed by atoms with Crippen LogP contribution in [0.3, 0.4) is 0 Å². The van der Waals surface area contributed by atoms with E-state index in [1.54, 1.807) is 9.80 Å². The zero-order valence-corrected chi connectivity index (χ0v) is 22.3. The van der Waals surface area contributed by atoms with Crippen LogP contribution >= 0.6 is 0 Å². The highest BCUT2D eigenvalue weighted by Gasteiger charge is 2.47. The van der Waals surface area contributed by atoms with Crippen molar-refractivity contribution in [3.63, 3.8) is 0 Å². The van der Waals surface area contributed by atoms with Crippen LogP contribution in [0.25, 0.3) is 0 Å². The Balaban J connectivity index is 1.44. The summed E-state index contributed by atoms with van der Waals surface area (Å²) in [6.07, 6.45) is 2.84. The Kier molecular flexibility index (Phi) is 7.40. The molecule has 38 heavy (non-hydrogen) atoms. The minimum Gasteiger partial charge on any atom is -0.457 e. The van der Waals surface area contributed by atoms with Gasteiger partial charge < -0.3 is 20.3 Å². The summed E-state index contributed by atoms with van der Waals surface area (Å²) in [5.41, 5.74) is 1.94. The molecule has 2 heterocycles. The van der Waals surface area contributed by atoms with Crippen molar-refractivity contribution in [2.75, 3.05) is 19.6 Å². The highest BCUT2D eigenvalue weighted by Crippen LogP contribution is 2.39. The second-order valence-corrected chi connectivity index (χ2v) is 10.7. The average Bonchev–Trinajstić information content (AvgIpc) is 3.68. The first-order valence-electron chi connectivity index (χ1n) is 13.6. The molecular formula is C30H36N4O4. The number of hydrogen-bond acceptors (Lipinski definition) is 4. The number of nitrogens with zero attached hydrogens (tertiary/aromatic N) is 2. The normalized spacial score (nSPS) is 19.9. The largest absolute Gasteiger partial charge is 0.457 e. The highest BCUT2D eigenvalue weighted by atomic mass is 16.5. The molecule has 2 atom stereocenters. The average molecular weight is 517 g/mol. The van der Waals surface area contributed by atoms with Gasteiger partial charge >= 0.3 is 6.03 Å². The van der Waals surface area contributed by atoms with Gasteiger partial charge in [0.1, 0.15) is 17.5 Å². The zero-order valence-electron chi connectivity index (χ0n) is 22.3. The molecule has 8 nitrogen and oxygen atoms in total. The number of ether oxygens (including phenoxy) is 1. The number of nitrogens with one attached hydrogen (secondary N) is 2. The number of amides is 4. The molecule has 0 radical (unpaired) electrons. The van der Waals surface area contributed by atoms with Gasteiger partial charge in [0.25, 0.3) is 5.91 Å². The second kappa shape index (κ2) is 10.9. The Hall–Kier alpha value is -3.81. The molecule has 0 spiro atoms. The van der Waals surface area contributed by atoms with E-state index in [1.165, 1.54) is 0 Å². The number of hydrogen-bond donors (Lipinski definition) is 2. The molecule has 0 saturated heterocycles. The fraction of sp³-hybridized carbons (Fsp3) is 0.433. The molecule has 8 heteroatoms. The lowest BCUT2D eigenvalue weighted by molar-refractivity contribution is -0.137. The number of benzene rings is 2. The minimum absolute atomic E-state index is 0.115. The summed E-state index contributed by atoms with van der Waals surface area (Å²) in [4.78, 5) is 43.7. The highest BCUT2D eigenvalue weighted by molar-refractivity contribution is 6.03. The zero-order chi connectivity index (χ0) is 26.8. The Labute approximate surface area is 224 Å². The van der Waals surface area contributed by atoms with Crippen LogP contribution in [0.15, 0.2) is 65.9 Å². The van der Waals surface area contributed by atoms with Gasteiger partial charge in [-0.3, -0.25) is 14.5 Å². The molecule has 2 aromatic rings. The van der Waals surface area contributed by atoms with E-state index < -0.39 is 12.1 Å². The van der Waals surface area contributed by atoms with Crippen LogP contribution in [0.1, 0.15) is 51.6 Å². The predicted molar refractivity (Wildman–Crippen MR) is 144 cm³/mol. The lowest BCUT2D eigenvalue weighted by Gasteiger charge is -2.33. The number of para-hydroxylation sites is 1. The van der Waals surface area contributed by atoms with Crippen LogP contribution in [0.2, 0.25) is 0 Å². The van der Waals surface area contributed by atoms with E-state index in [0.717, 1.165) is 18.4 Å². The quantitative estimate of drug-likeness (QED) is 0.483. The van der Waals surface area contributed by atoms with Gasteiger partial charge in [0.05, 0.1) is 23.9 Å². The lowest BCUT2D eigenvalue weighted by atomic mass is 9.95. The molecule has 0 unspecified atom stereocenters. The Morgan fingerprint density at radius 2 is 1.82 bits per heavy atom. The molecule has 2 aliphatic heterocycles. The van der Waals surface area contributed by atoms with Gasteiger partial charge in [-0.2, -0.15) is 0 Å². The first-order chi connectivity index (χ1) is 18.4. The van der Waals surface area contributed by atoms with Crippen LogP contribution in [0.4, 0.5) is 4.79 Å². The first-order valence-corrected chi connectivity index (χ1v) is 13.6. The molecule has 1 saturated carbocycles. The van der Waals surface area contributed by atoms with Crippen LogP contribution in [0.5, 0.6) is 11.5 Å². The van der Waals surface area contributed by atoms with E-state index in [4.69, 9.17) is 4.74 Å². The minimum atomic E-state index is -0.633. The van der Waals surface area contributed by atoms with E-state index in [9.17, 15) is 14.4 Å². The molecule has 0 bridgehead atoms. The molecule has 1 aliphatic carbocycles. The van der Waals surface area contributed by atoms with Crippen molar-refractivity contribution in [1.29, 1.82) is 0 Å².